The molecular weight excluding hydrogens is 182 g/mol. The van der Waals surface area contributed by atoms with Crippen LogP contribution in [-0.2, 0) is 19.3 Å². The van der Waals surface area contributed by atoms with E-state index in [-0.39, 0.29) is 5.54 Å². The number of hydrogen-bond donors (Lipinski definition) is 1. The van der Waals surface area contributed by atoms with Crippen molar-refractivity contribution in [2.24, 2.45) is 5.73 Å². The van der Waals surface area contributed by atoms with Crippen molar-refractivity contribution >= 4 is 0 Å². The topological polar surface area (TPSA) is 26.0 Å². The van der Waals surface area contributed by atoms with E-state index >= 15 is 0 Å². The molecule has 0 unspecified atom stereocenters. The van der Waals surface area contributed by atoms with Gasteiger partial charge in [-0.2, -0.15) is 0 Å². The standard InChI is InChI=1S/C14H21N/c1-14(2,15)10-12-8-5-7-11-6-3-4-9-13(11)12/h5,7-8H,3-4,6,9-10,15H2,1-2H3. The Balaban J connectivity index is 2.31. The van der Waals surface area contributed by atoms with Crippen molar-refractivity contribution in [2.75, 3.05) is 0 Å². The number of fused-ring (bicyclic) bond motifs is 1. The molecule has 1 aliphatic carbocycles. The Bertz CT molecular complexity index is 347. The Hall–Kier alpha value is -0.820. The molecular formula is C14H21N. The maximum absolute atomic E-state index is 6.10. The fraction of sp³-hybridized carbons (Fsp3) is 0.571. The summed E-state index contributed by atoms with van der Waals surface area (Å²) < 4.78 is 0. The van der Waals surface area contributed by atoms with Crippen molar-refractivity contribution in [3.8, 4) is 0 Å². The Kier molecular flexibility index (Phi) is 2.83. The molecule has 0 fully saturated rings. The zero-order valence-electron chi connectivity index (χ0n) is 9.84. The molecule has 0 spiro atoms. The molecule has 1 aromatic rings. The minimum Gasteiger partial charge on any atom is -0.325 e. The lowest BCUT2D eigenvalue weighted by molar-refractivity contribution is 0.512. The van der Waals surface area contributed by atoms with Gasteiger partial charge in [0.1, 0.15) is 0 Å². The van der Waals surface area contributed by atoms with Crippen molar-refractivity contribution in [3.05, 3.63) is 34.9 Å². The van der Waals surface area contributed by atoms with Crippen molar-refractivity contribution < 1.29 is 0 Å². The molecule has 2 rings (SSSR count). The summed E-state index contributed by atoms with van der Waals surface area (Å²) in [5.41, 5.74) is 10.6. The van der Waals surface area contributed by atoms with E-state index in [4.69, 9.17) is 5.73 Å². The van der Waals surface area contributed by atoms with Crippen molar-refractivity contribution in [1.82, 2.24) is 0 Å². The smallest absolute Gasteiger partial charge is 0.0138 e. The SMILES string of the molecule is CC(C)(N)Cc1cccc2c1CCCC2. The van der Waals surface area contributed by atoms with Gasteiger partial charge in [-0.3, -0.25) is 0 Å². The average molecular weight is 203 g/mol. The number of aryl methyl sites for hydroxylation is 1. The highest BCUT2D eigenvalue weighted by Crippen LogP contribution is 2.26. The molecule has 2 N–H and O–H groups in total. The van der Waals surface area contributed by atoms with Crippen LogP contribution in [0.15, 0.2) is 18.2 Å². The van der Waals surface area contributed by atoms with E-state index < -0.39 is 0 Å². The van der Waals surface area contributed by atoms with Gasteiger partial charge < -0.3 is 5.73 Å². The molecule has 1 heteroatoms. The zero-order chi connectivity index (χ0) is 10.9. The van der Waals surface area contributed by atoms with Crippen molar-refractivity contribution in [3.63, 3.8) is 0 Å². The van der Waals surface area contributed by atoms with Crippen molar-refractivity contribution in [1.29, 1.82) is 0 Å². The average Bonchev–Trinajstić information content (AvgIpc) is 2.16. The third-order valence-corrected chi connectivity index (χ3v) is 3.14. The summed E-state index contributed by atoms with van der Waals surface area (Å²) in [6, 6.07) is 6.71. The highest BCUT2D eigenvalue weighted by atomic mass is 14.7. The number of rotatable bonds is 2. The van der Waals surface area contributed by atoms with Gasteiger partial charge in [-0.05, 0) is 62.6 Å². The molecule has 82 valence electrons. The van der Waals surface area contributed by atoms with Gasteiger partial charge in [-0.15, -0.1) is 0 Å². The second-order valence-electron chi connectivity index (χ2n) is 5.43. The largest absolute Gasteiger partial charge is 0.325 e. The minimum atomic E-state index is -0.0907. The molecule has 1 nitrogen and oxygen atoms in total. The normalized spacial score (nSPS) is 16.2. The van der Waals surface area contributed by atoms with Crippen LogP contribution >= 0.6 is 0 Å². The zero-order valence-corrected chi connectivity index (χ0v) is 9.84. The highest BCUT2D eigenvalue weighted by molar-refractivity contribution is 5.37. The third kappa shape index (κ3) is 2.60. The van der Waals surface area contributed by atoms with E-state index in [1.165, 1.54) is 31.2 Å². The number of hydrogen-bond acceptors (Lipinski definition) is 1. The monoisotopic (exact) mass is 203 g/mol. The maximum atomic E-state index is 6.10. The van der Waals surface area contributed by atoms with E-state index in [9.17, 15) is 0 Å². The van der Waals surface area contributed by atoms with Gasteiger partial charge in [0, 0.05) is 5.54 Å². The van der Waals surface area contributed by atoms with Gasteiger partial charge in [0.2, 0.25) is 0 Å². The number of benzene rings is 1. The van der Waals surface area contributed by atoms with Crippen LogP contribution in [0, 0.1) is 0 Å². The fourth-order valence-corrected chi connectivity index (χ4v) is 2.52. The van der Waals surface area contributed by atoms with E-state index in [0.717, 1.165) is 6.42 Å². The second-order valence-corrected chi connectivity index (χ2v) is 5.43. The first-order chi connectivity index (χ1) is 7.06. The van der Waals surface area contributed by atoms with Gasteiger partial charge in [0.05, 0.1) is 0 Å². The summed E-state index contributed by atoms with van der Waals surface area (Å²) in [6.07, 6.45) is 6.20. The Morgan fingerprint density at radius 1 is 1.20 bits per heavy atom. The Labute approximate surface area is 92.7 Å². The Morgan fingerprint density at radius 2 is 1.93 bits per heavy atom. The van der Waals surface area contributed by atoms with Crippen LogP contribution < -0.4 is 5.73 Å². The Morgan fingerprint density at radius 3 is 2.67 bits per heavy atom. The molecule has 0 amide bonds. The quantitative estimate of drug-likeness (QED) is 0.786. The molecule has 0 heterocycles. The first kappa shape index (κ1) is 10.7. The fourth-order valence-electron chi connectivity index (χ4n) is 2.52. The summed E-state index contributed by atoms with van der Waals surface area (Å²) in [5, 5.41) is 0. The molecule has 0 saturated carbocycles. The molecule has 0 atom stereocenters. The summed E-state index contributed by atoms with van der Waals surface area (Å²) in [5.74, 6) is 0. The predicted octanol–water partition coefficient (Wildman–Crippen LogP) is 2.85. The molecule has 1 aliphatic rings. The molecule has 0 aliphatic heterocycles. The lowest BCUT2D eigenvalue weighted by Gasteiger charge is -2.24. The maximum Gasteiger partial charge on any atom is 0.0138 e. The molecule has 0 saturated heterocycles. The van der Waals surface area contributed by atoms with E-state index in [2.05, 4.69) is 32.0 Å². The third-order valence-electron chi connectivity index (χ3n) is 3.14. The summed E-state index contributed by atoms with van der Waals surface area (Å²) in [6.45, 7) is 4.21. The van der Waals surface area contributed by atoms with Crippen LogP contribution in [0.5, 0.6) is 0 Å². The van der Waals surface area contributed by atoms with Gasteiger partial charge in [-0.1, -0.05) is 18.2 Å². The van der Waals surface area contributed by atoms with E-state index in [1.54, 1.807) is 11.1 Å². The lowest BCUT2D eigenvalue weighted by atomic mass is 9.84. The minimum absolute atomic E-state index is 0.0907. The predicted molar refractivity (Wildman–Crippen MR) is 65.1 cm³/mol. The first-order valence-corrected chi connectivity index (χ1v) is 5.95. The molecule has 15 heavy (non-hydrogen) atoms. The van der Waals surface area contributed by atoms with Gasteiger partial charge in [0.25, 0.3) is 0 Å². The molecule has 0 bridgehead atoms. The van der Waals surface area contributed by atoms with Crippen LogP contribution in [-0.4, -0.2) is 5.54 Å². The summed E-state index contributed by atoms with van der Waals surface area (Å²) in [7, 11) is 0. The van der Waals surface area contributed by atoms with Crippen LogP contribution in [0.3, 0.4) is 0 Å². The molecule has 0 aromatic heterocycles. The molecule has 1 aromatic carbocycles. The van der Waals surface area contributed by atoms with Crippen LogP contribution in [0.2, 0.25) is 0 Å². The highest BCUT2D eigenvalue weighted by Gasteiger charge is 2.17. The van der Waals surface area contributed by atoms with E-state index in [1.807, 2.05) is 0 Å². The number of nitrogens with two attached hydrogens (primary N) is 1. The van der Waals surface area contributed by atoms with Gasteiger partial charge in [0.15, 0.2) is 0 Å². The van der Waals surface area contributed by atoms with Crippen LogP contribution in [0.1, 0.15) is 43.4 Å². The second kappa shape index (κ2) is 3.97. The first-order valence-electron chi connectivity index (χ1n) is 5.95. The van der Waals surface area contributed by atoms with Crippen LogP contribution in [0.25, 0.3) is 0 Å². The van der Waals surface area contributed by atoms with Gasteiger partial charge >= 0.3 is 0 Å². The summed E-state index contributed by atoms with van der Waals surface area (Å²) >= 11 is 0. The van der Waals surface area contributed by atoms with E-state index in [0.29, 0.717) is 0 Å². The summed E-state index contributed by atoms with van der Waals surface area (Å²) in [4.78, 5) is 0. The molecule has 0 radical (unpaired) electrons. The lowest BCUT2D eigenvalue weighted by Crippen LogP contribution is -2.35. The van der Waals surface area contributed by atoms with Crippen molar-refractivity contribution in [2.45, 2.75) is 51.5 Å². The van der Waals surface area contributed by atoms with Crippen LogP contribution in [0.4, 0.5) is 0 Å². The van der Waals surface area contributed by atoms with Gasteiger partial charge in [-0.25, -0.2) is 0 Å².